The standard InChI is InChI=1S/C16H23NO2S/c17-16-14-8-4-3-7-13(14)9-10-15(16)20(18,19)11-12-5-1-2-6-12/h3-4,7-8,12,15-16H,1-2,5-6,9-11,17H2. The lowest BCUT2D eigenvalue weighted by Gasteiger charge is -2.31. The highest BCUT2D eigenvalue weighted by Gasteiger charge is 2.37. The van der Waals surface area contributed by atoms with Gasteiger partial charge >= 0.3 is 0 Å². The van der Waals surface area contributed by atoms with Crippen molar-refractivity contribution in [3.8, 4) is 0 Å². The summed E-state index contributed by atoms with van der Waals surface area (Å²) in [5, 5.41) is -0.391. The number of sulfone groups is 1. The monoisotopic (exact) mass is 293 g/mol. The summed E-state index contributed by atoms with van der Waals surface area (Å²) >= 11 is 0. The minimum Gasteiger partial charge on any atom is -0.323 e. The van der Waals surface area contributed by atoms with Crippen molar-refractivity contribution in [1.82, 2.24) is 0 Å². The molecule has 0 saturated heterocycles. The van der Waals surface area contributed by atoms with Crippen molar-refractivity contribution in [2.75, 3.05) is 5.75 Å². The van der Waals surface area contributed by atoms with Gasteiger partial charge in [-0.25, -0.2) is 8.42 Å². The van der Waals surface area contributed by atoms with Gasteiger partial charge in [-0.05, 0) is 42.7 Å². The first-order chi connectivity index (χ1) is 9.58. The van der Waals surface area contributed by atoms with Crippen LogP contribution in [0.5, 0.6) is 0 Å². The van der Waals surface area contributed by atoms with E-state index in [1.165, 1.54) is 18.4 Å². The van der Waals surface area contributed by atoms with E-state index < -0.39 is 15.1 Å². The molecule has 3 rings (SSSR count). The predicted octanol–water partition coefficient (Wildman–Crippen LogP) is 2.61. The molecule has 0 radical (unpaired) electrons. The molecule has 2 atom stereocenters. The van der Waals surface area contributed by atoms with Crippen LogP contribution in [0.2, 0.25) is 0 Å². The van der Waals surface area contributed by atoms with Crippen molar-refractivity contribution in [3.63, 3.8) is 0 Å². The van der Waals surface area contributed by atoms with Crippen LogP contribution in [0.15, 0.2) is 24.3 Å². The highest BCUT2D eigenvalue weighted by Crippen LogP contribution is 2.35. The first-order valence-electron chi connectivity index (χ1n) is 7.63. The van der Waals surface area contributed by atoms with Gasteiger partial charge in [-0.15, -0.1) is 0 Å². The summed E-state index contributed by atoms with van der Waals surface area (Å²) in [7, 11) is -3.08. The Morgan fingerprint density at radius 3 is 2.55 bits per heavy atom. The average Bonchev–Trinajstić information content (AvgIpc) is 2.91. The molecule has 3 nitrogen and oxygen atoms in total. The largest absolute Gasteiger partial charge is 0.323 e. The van der Waals surface area contributed by atoms with Crippen LogP contribution in [0.25, 0.3) is 0 Å². The molecule has 4 heteroatoms. The first kappa shape index (κ1) is 14.1. The van der Waals surface area contributed by atoms with Crippen LogP contribution in [0.4, 0.5) is 0 Å². The molecule has 0 amide bonds. The number of fused-ring (bicyclic) bond motifs is 1. The van der Waals surface area contributed by atoms with Gasteiger partial charge in [0.1, 0.15) is 0 Å². The molecule has 2 aliphatic carbocycles. The van der Waals surface area contributed by atoms with Crippen LogP contribution in [-0.4, -0.2) is 19.4 Å². The second-order valence-electron chi connectivity index (χ2n) is 6.28. The van der Waals surface area contributed by atoms with Gasteiger partial charge in [0.05, 0.1) is 11.0 Å². The number of aryl methyl sites for hydroxylation is 1. The Labute approximate surface area is 121 Å². The number of hydrogen-bond acceptors (Lipinski definition) is 3. The van der Waals surface area contributed by atoms with Gasteiger partial charge in [-0.1, -0.05) is 37.1 Å². The second kappa shape index (κ2) is 5.49. The van der Waals surface area contributed by atoms with E-state index in [0.29, 0.717) is 18.1 Å². The molecule has 2 unspecified atom stereocenters. The zero-order valence-electron chi connectivity index (χ0n) is 11.8. The van der Waals surface area contributed by atoms with Crippen molar-refractivity contribution in [2.45, 2.75) is 49.8 Å². The lowest BCUT2D eigenvalue weighted by Crippen LogP contribution is -2.39. The fourth-order valence-corrected chi connectivity index (χ4v) is 6.10. The van der Waals surface area contributed by atoms with E-state index in [9.17, 15) is 8.42 Å². The predicted molar refractivity (Wildman–Crippen MR) is 81.2 cm³/mol. The van der Waals surface area contributed by atoms with Crippen molar-refractivity contribution < 1.29 is 8.42 Å². The molecule has 1 aromatic carbocycles. The topological polar surface area (TPSA) is 60.2 Å². The van der Waals surface area contributed by atoms with Crippen molar-refractivity contribution in [3.05, 3.63) is 35.4 Å². The second-order valence-corrected chi connectivity index (χ2v) is 8.55. The quantitative estimate of drug-likeness (QED) is 0.932. The molecular weight excluding hydrogens is 270 g/mol. The smallest absolute Gasteiger partial charge is 0.155 e. The highest BCUT2D eigenvalue weighted by molar-refractivity contribution is 7.92. The van der Waals surface area contributed by atoms with Gasteiger partial charge < -0.3 is 5.73 Å². The van der Waals surface area contributed by atoms with Gasteiger partial charge in [-0.3, -0.25) is 0 Å². The summed E-state index contributed by atoms with van der Waals surface area (Å²) in [6.45, 7) is 0. The Morgan fingerprint density at radius 1 is 1.10 bits per heavy atom. The van der Waals surface area contributed by atoms with Gasteiger partial charge in [0.15, 0.2) is 9.84 Å². The van der Waals surface area contributed by atoms with E-state index in [2.05, 4.69) is 6.07 Å². The van der Waals surface area contributed by atoms with Crippen LogP contribution in [0.1, 0.15) is 49.3 Å². The SMILES string of the molecule is NC1c2ccccc2CCC1S(=O)(=O)CC1CCCC1. The van der Waals surface area contributed by atoms with Gasteiger partial charge in [-0.2, -0.15) is 0 Å². The maximum atomic E-state index is 12.7. The summed E-state index contributed by atoms with van der Waals surface area (Å²) in [6.07, 6.45) is 6.00. The van der Waals surface area contributed by atoms with E-state index >= 15 is 0 Å². The third-order valence-electron chi connectivity index (χ3n) is 4.92. The van der Waals surface area contributed by atoms with E-state index in [1.807, 2.05) is 18.2 Å². The third-order valence-corrected chi connectivity index (χ3v) is 7.30. The minimum atomic E-state index is -3.08. The molecule has 20 heavy (non-hydrogen) atoms. The van der Waals surface area contributed by atoms with Gasteiger partial charge in [0, 0.05) is 6.04 Å². The summed E-state index contributed by atoms with van der Waals surface area (Å²) < 4.78 is 25.4. The van der Waals surface area contributed by atoms with E-state index in [0.717, 1.165) is 24.8 Å². The first-order valence-corrected chi connectivity index (χ1v) is 9.34. The average molecular weight is 293 g/mol. The summed E-state index contributed by atoms with van der Waals surface area (Å²) in [6, 6.07) is 7.64. The fourth-order valence-electron chi connectivity index (χ4n) is 3.80. The molecule has 1 aromatic rings. The molecule has 0 aliphatic heterocycles. The van der Waals surface area contributed by atoms with Gasteiger partial charge in [0.25, 0.3) is 0 Å². The molecule has 0 heterocycles. The van der Waals surface area contributed by atoms with Crippen molar-refractivity contribution >= 4 is 9.84 Å². The zero-order valence-corrected chi connectivity index (χ0v) is 12.6. The molecule has 1 saturated carbocycles. The lowest BCUT2D eigenvalue weighted by atomic mass is 9.88. The molecule has 2 aliphatic rings. The maximum Gasteiger partial charge on any atom is 0.155 e. The molecule has 0 bridgehead atoms. The molecule has 1 fully saturated rings. The van der Waals surface area contributed by atoms with Crippen LogP contribution in [-0.2, 0) is 16.3 Å². The number of hydrogen-bond donors (Lipinski definition) is 1. The molecule has 110 valence electrons. The van der Waals surface area contributed by atoms with Crippen molar-refractivity contribution in [2.24, 2.45) is 11.7 Å². The minimum absolute atomic E-state index is 0.341. The van der Waals surface area contributed by atoms with E-state index in [-0.39, 0.29) is 6.04 Å². The Bertz CT molecular complexity index is 576. The Balaban J connectivity index is 1.80. The number of nitrogens with two attached hydrogens (primary N) is 1. The lowest BCUT2D eigenvalue weighted by molar-refractivity contribution is 0.505. The van der Waals surface area contributed by atoms with Crippen LogP contribution in [0.3, 0.4) is 0 Å². The van der Waals surface area contributed by atoms with Crippen molar-refractivity contribution in [1.29, 1.82) is 0 Å². The van der Waals surface area contributed by atoms with Crippen LogP contribution < -0.4 is 5.73 Å². The zero-order chi connectivity index (χ0) is 14.2. The Kier molecular flexibility index (Phi) is 3.87. The fraction of sp³-hybridized carbons (Fsp3) is 0.625. The molecule has 0 spiro atoms. The van der Waals surface area contributed by atoms with Crippen LogP contribution >= 0.6 is 0 Å². The molecular formula is C16H23NO2S. The summed E-state index contributed by atoms with van der Waals surface area (Å²) in [5.41, 5.74) is 8.51. The number of benzene rings is 1. The Morgan fingerprint density at radius 2 is 1.80 bits per heavy atom. The molecule has 2 N–H and O–H groups in total. The normalized spacial score (nSPS) is 27.4. The summed E-state index contributed by atoms with van der Waals surface area (Å²) in [4.78, 5) is 0. The summed E-state index contributed by atoms with van der Waals surface area (Å²) in [5.74, 6) is 0.706. The van der Waals surface area contributed by atoms with E-state index in [1.54, 1.807) is 0 Å². The molecule has 0 aromatic heterocycles. The number of rotatable bonds is 3. The Hall–Kier alpha value is -0.870. The maximum absolute atomic E-state index is 12.7. The highest BCUT2D eigenvalue weighted by atomic mass is 32.2. The van der Waals surface area contributed by atoms with Gasteiger partial charge in [0.2, 0.25) is 0 Å². The third kappa shape index (κ3) is 2.63. The van der Waals surface area contributed by atoms with Crippen LogP contribution in [0, 0.1) is 5.92 Å². The van der Waals surface area contributed by atoms with E-state index in [4.69, 9.17) is 5.73 Å².